The van der Waals surface area contributed by atoms with Crippen LogP contribution < -0.4 is 0 Å². The smallest absolute Gasteiger partial charge is 0.320 e. The Morgan fingerprint density at radius 3 is 1.09 bits per heavy atom. The van der Waals surface area contributed by atoms with Crippen LogP contribution in [0.5, 0.6) is 0 Å². The van der Waals surface area contributed by atoms with E-state index in [0.29, 0.717) is 60.7 Å². The SMILES string of the molecule is C/C=C(\C)c1ccc([N+](=O)[O-])cc1.C/C=C/c1ccc2c(c1)C(=O)N(C)C2=O.C/C=C/c1ccc2c3c(cccc13)C(=O)N(C)C2=O.C/C=C1\SC(=O)N(C)C1=O.C/C=C1\SC(=S)N(C)C1=S.CC.CC.CC.CC.CC.CC.CC.CC.CC=C1C(=O)N(C)C(=O)N(C)C1=O.Cc1ccc2c(c1)C(=O)N(C)C2=O.Cc1ccc2c3c(cccc13)C(=O)N(C)C2=O.[C-]#[N+]/C(=C\C)c1ccc([N+](=O)[O-])cc1. The first-order valence-electron chi connectivity index (χ1n) is 45.8. The summed E-state index contributed by atoms with van der Waals surface area (Å²) >= 11 is 12.7. The lowest BCUT2D eigenvalue weighted by Crippen LogP contribution is -2.52. The van der Waals surface area contributed by atoms with Gasteiger partial charge < -0.3 is 4.90 Å². The van der Waals surface area contributed by atoms with Gasteiger partial charge in [0.15, 0.2) is 5.70 Å². The monoisotopic (exact) mass is 1990 g/mol. The number of likely N-dealkylation sites (N-methyl/N-ethyl adjacent to an activating group) is 4. The van der Waals surface area contributed by atoms with Crippen molar-refractivity contribution in [3.8, 4) is 0 Å². The van der Waals surface area contributed by atoms with E-state index in [1.807, 2.05) is 256 Å². The molecule has 14 amide bonds. The van der Waals surface area contributed by atoms with E-state index in [0.717, 1.165) is 105 Å². The molecule has 0 N–H and O–H groups in total. The number of benzene rings is 8. The first kappa shape index (κ1) is 128. The Hall–Kier alpha value is -14.3. The highest BCUT2D eigenvalue weighted by atomic mass is 32.2. The van der Waals surface area contributed by atoms with Crippen molar-refractivity contribution in [1.29, 1.82) is 0 Å². The van der Waals surface area contributed by atoms with E-state index < -0.39 is 27.7 Å². The molecule has 0 unspecified atom stereocenters. The second-order valence-electron chi connectivity index (χ2n) is 27.5. The number of thiocarbonyl (C=S) groups is 2. The third-order valence-corrected chi connectivity index (χ3v) is 23.0. The van der Waals surface area contributed by atoms with Gasteiger partial charge in [-0.3, -0.25) is 112 Å². The molecule has 0 aliphatic carbocycles. The molecule has 140 heavy (non-hydrogen) atoms. The molecule has 0 bridgehead atoms. The maximum Gasteiger partial charge on any atom is 0.333 e. The number of imide groups is 7. The van der Waals surface area contributed by atoms with Gasteiger partial charge in [-0.25, -0.2) is 9.64 Å². The van der Waals surface area contributed by atoms with Crippen LogP contribution >= 0.6 is 48.0 Å². The van der Waals surface area contributed by atoms with Gasteiger partial charge in [-0.1, -0.05) is 275 Å². The van der Waals surface area contributed by atoms with Gasteiger partial charge in [-0.15, -0.1) is 0 Å². The normalized spacial score (nSPS) is 14.3. The first-order chi connectivity index (χ1) is 66.7. The molecule has 0 atom stereocenters. The number of hydrogen-bond acceptors (Lipinski definition) is 21. The summed E-state index contributed by atoms with van der Waals surface area (Å²) in [6.07, 6.45) is 16.4. The average Bonchev–Trinajstić information content (AvgIpc) is 1.04. The van der Waals surface area contributed by atoms with Gasteiger partial charge in [0.25, 0.3) is 81.6 Å². The molecule has 8 aromatic carbocycles. The Morgan fingerprint density at radius 1 is 0.371 bits per heavy atom. The van der Waals surface area contributed by atoms with Crippen molar-refractivity contribution in [3.05, 3.63) is 313 Å². The summed E-state index contributed by atoms with van der Waals surface area (Å²) < 4.78 is 0.845. The molecule has 7 heterocycles. The molecular formula is C108H135N11O17S4. The summed E-state index contributed by atoms with van der Waals surface area (Å²) in [5.41, 5.74) is 12.0. The number of fused-ring (bicyclic) bond motifs is 2. The van der Waals surface area contributed by atoms with Crippen LogP contribution in [0.15, 0.2) is 204 Å². The van der Waals surface area contributed by atoms with Gasteiger partial charge >= 0.3 is 6.03 Å². The van der Waals surface area contributed by atoms with E-state index in [1.165, 1.54) is 89.5 Å². The Balaban J connectivity index is 0. The molecule has 28 nitrogen and oxygen atoms in total. The summed E-state index contributed by atoms with van der Waals surface area (Å²) in [6, 6.07) is 41.1. The fraction of sp³-hybridized carbons (Fsp3) is 0.315. The first-order valence-corrected chi connectivity index (χ1v) is 48.3. The van der Waals surface area contributed by atoms with E-state index in [4.69, 9.17) is 31.0 Å². The summed E-state index contributed by atoms with van der Waals surface area (Å²) in [5.74, 6) is -3.06. The molecule has 0 saturated carbocycles. The van der Waals surface area contributed by atoms with Gasteiger partial charge in [0, 0.05) is 119 Å². The van der Waals surface area contributed by atoms with Crippen molar-refractivity contribution in [1.82, 2.24) is 39.2 Å². The lowest BCUT2D eigenvalue weighted by atomic mass is 9.91. The Kier molecular flexibility index (Phi) is 59.1. The molecule has 7 aliphatic heterocycles. The number of nitrogens with zero attached hydrogens (tertiary/aromatic N) is 11. The summed E-state index contributed by atoms with van der Waals surface area (Å²) in [6.45, 7) is 57.6. The third-order valence-electron chi connectivity index (χ3n) is 19.7. The third kappa shape index (κ3) is 32.4. The second kappa shape index (κ2) is 64.8. The number of thioether (sulfide) groups is 2. The molecule has 0 aromatic heterocycles. The molecule has 32 heteroatoms. The van der Waals surface area contributed by atoms with Crippen LogP contribution in [0.4, 0.5) is 21.0 Å². The topological polar surface area (TPSA) is 338 Å². The second-order valence-corrected chi connectivity index (χ2v) is 30.5. The number of hydrogen-bond donors (Lipinski definition) is 0. The summed E-state index contributed by atoms with van der Waals surface area (Å²) in [5, 5.41) is 24.0. The zero-order chi connectivity index (χ0) is 108. The molecule has 0 spiro atoms. The summed E-state index contributed by atoms with van der Waals surface area (Å²) in [4.78, 5) is 185. The molecule has 0 radical (unpaired) electrons. The molecule has 748 valence electrons. The number of non-ortho nitro benzene ring substituents is 2. The minimum Gasteiger partial charge on any atom is -0.320 e. The number of nitro benzene ring substituents is 2. The lowest BCUT2D eigenvalue weighted by molar-refractivity contribution is -0.385. The average molecular weight is 1990 g/mol. The van der Waals surface area contributed by atoms with Crippen LogP contribution in [-0.4, -0.2) is 191 Å². The van der Waals surface area contributed by atoms with Gasteiger partial charge in [0.05, 0.1) is 43.6 Å². The predicted molar refractivity (Wildman–Crippen MR) is 580 cm³/mol. The van der Waals surface area contributed by atoms with Crippen molar-refractivity contribution < 1.29 is 72.2 Å². The van der Waals surface area contributed by atoms with Crippen LogP contribution in [0.2, 0.25) is 0 Å². The van der Waals surface area contributed by atoms with Crippen LogP contribution in [0, 0.1) is 40.6 Å². The molecule has 15 rings (SSSR count). The number of nitro groups is 2. The van der Waals surface area contributed by atoms with E-state index in [1.54, 1.807) is 117 Å². The fourth-order valence-electron chi connectivity index (χ4n) is 12.5. The lowest BCUT2D eigenvalue weighted by Gasteiger charge is -2.28. The van der Waals surface area contributed by atoms with Gasteiger partial charge in [-0.2, -0.15) is 0 Å². The highest BCUT2D eigenvalue weighted by Gasteiger charge is 2.39. The maximum absolute atomic E-state index is 12.2. The zero-order valence-electron chi connectivity index (χ0n) is 87.0. The quantitative estimate of drug-likeness (QED) is 0.0284. The zero-order valence-corrected chi connectivity index (χ0v) is 90.3. The highest BCUT2D eigenvalue weighted by Crippen LogP contribution is 2.36. The molecule has 8 aromatic rings. The highest BCUT2D eigenvalue weighted by molar-refractivity contribution is 8.27. The van der Waals surface area contributed by atoms with Crippen molar-refractivity contribution in [2.45, 2.75) is 180 Å². The van der Waals surface area contributed by atoms with Crippen LogP contribution in [0.25, 0.3) is 49.8 Å². The van der Waals surface area contributed by atoms with Crippen LogP contribution in [-0.2, 0) is 14.4 Å². The van der Waals surface area contributed by atoms with E-state index in [2.05, 4.69) is 4.85 Å². The molecule has 3 saturated heterocycles. The number of barbiturate groups is 1. The largest absolute Gasteiger partial charge is 0.333 e. The number of amides is 14. The number of rotatable bonds is 6. The van der Waals surface area contributed by atoms with Gasteiger partial charge in [0.2, 0.25) is 0 Å². The number of aryl methyl sites for hydroxylation is 2. The Labute approximate surface area is 845 Å². The van der Waals surface area contributed by atoms with Crippen molar-refractivity contribution >= 4 is 190 Å². The van der Waals surface area contributed by atoms with E-state index in [9.17, 15) is 82.6 Å². The Morgan fingerprint density at radius 2 is 0.743 bits per heavy atom. The Bertz CT molecular complexity index is 5980. The number of urea groups is 1. The molecule has 3 fully saturated rings. The van der Waals surface area contributed by atoms with E-state index >= 15 is 0 Å². The number of carbonyl (C=O) groups is 13. The van der Waals surface area contributed by atoms with Crippen LogP contribution in [0.3, 0.4) is 0 Å². The van der Waals surface area contributed by atoms with Crippen LogP contribution in [0.1, 0.15) is 282 Å². The number of carbonyl (C=O) groups excluding carboxylic acids is 13. The predicted octanol–water partition coefficient (Wildman–Crippen LogP) is 26.1. The number of allylic oxidation sites excluding steroid dienone is 8. The van der Waals surface area contributed by atoms with Crippen molar-refractivity contribution in [2.75, 3.05) is 56.4 Å². The molecule has 7 aliphatic rings. The fourth-order valence-corrected chi connectivity index (χ4v) is 14.8. The van der Waals surface area contributed by atoms with E-state index in [-0.39, 0.29) is 75.4 Å². The minimum atomic E-state index is -0.597. The van der Waals surface area contributed by atoms with Gasteiger partial charge in [0.1, 0.15) is 14.9 Å². The summed E-state index contributed by atoms with van der Waals surface area (Å²) in [7, 11) is 12.1. The van der Waals surface area contributed by atoms with Crippen molar-refractivity contribution in [2.24, 2.45) is 0 Å². The molecular weight excluding hydrogens is 1850 g/mol. The minimum absolute atomic E-state index is 0.0320. The van der Waals surface area contributed by atoms with Crippen molar-refractivity contribution in [3.63, 3.8) is 0 Å². The standard InChI is InChI=1S/C16H13NO2.C14H11NO2.C12H11NO2.C10H8N2O2.C10H9NO2.C10H11NO2.C8H10N2O3.C6H7NO2S.C6H7NS3.8C2H6/c1-3-5-10-8-9-13-14-11(10)6-4-7-12(14)15(18)17(2)16(13)19;1-8-6-7-11-12-9(8)4-3-5-10(12)13(16)15(2)14(11)17;1-3-4-8-5-6-9-10(7-8)12(15)13(2)11(9)14;1-3-10(11-2)8-4-6-9(7-5-8)12(13)14;1-6-3-4-7-8(5-6)10(13)11(2)9(7)12;1-3-8(2)9-4-6-10(7-5-9)11(12)13;1-4-5-6(11)9(2)8(13)10(3)7(5)12;2*1-3-4-5(8)7(2)6(9)10-4;8*1-2/h3-9H,1-2H3;3-7H,1-2H3;3-7H,1-2H3;3-7H,1H3;3-5H,1-2H3;3-7H,1-2H3;4H,1-3H3;2*3H,1-2H3;8*1-2H3/b5-3+;;4-3+;10-3-;;8-3+;;2*4-3-;;;;;;;;. The van der Waals surface area contributed by atoms with Gasteiger partial charge in [-0.05, 0) is 179 Å². The maximum atomic E-state index is 12.2.